The van der Waals surface area contributed by atoms with E-state index in [1.807, 2.05) is 0 Å². The standard InChI is InChI=1S/C22H30N10O9P2S/c1-22(5-38-42(35)36)3-10(31-8-29-14-18(23)25-6-27-20(14)31)16(34)17(22)41-43(37,44)39-4-12-11(33)2-13(40-12)32-9-30-15-19(24)26-7-28-21(15)32/h6-13,16-17,33-34,42H,2-5H2,1H3,(H,35,36)(H,37,44)(H2,23,25,27)(H2,24,26,28)/t10-,11+,12-,13-,16+,17+,22+,43?/m1/s1. The molecule has 0 bridgehead atoms. The van der Waals surface area contributed by atoms with Gasteiger partial charge in [-0.15, -0.1) is 0 Å². The lowest BCUT2D eigenvalue weighted by Crippen LogP contribution is -2.39. The molecule has 4 aromatic heterocycles. The minimum Gasteiger partial charge on any atom is -0.390 e. The molecule has 2 unspecified atom stereocenters. The Hall–Kier alpha value is -2.77. The van der Waals surface area contributed by atoms with E-state index in [1.165, 1.54) is 25.3 Å². The second kappa shape index (κ2) is 11.9. The number of ether oxygens (including phenoxy) is 1. The Morgan fingerprint density at radius 3 is 2.34 bits per heavy atom. The van der Waals surface area contributed by atoms with E-state index in [2.05, 4.69) is 42.2 Å². The summed E-state index contributed by atoms with van der Waals surface area (Å²) < 4.78 is 50.4. The van der Waals surface area contributed by atoms with E-state index in [-0.39, 0.29) is 37.7 Å². The zero-order valence-electron chi connectivity index (χ0n) is 23.0. The van der Waals surface area contributed by atoms with Gasteiger partial charge in [-0.2, -0.15) is 0 Å². The Bertz CT molecular complexity index is 1760. The molecule has 1 aliphatic heterocycles. The topological polar surface area (TPSA) is 271 Å². The second-order valence-electron chi connectivity index (χ2n) is 10.9. The van der Waals surface area contributed by atoms with Crippen LogP contribution in [0.4, 0.5) is 11.6 Å². The van der Waals surface area contributed by atoms with E-state index in [9.17, 15) is 24.2 Å². The lowest BCUT2D eigenvalue weighted by molar-refractivity contribution is -0.0502. The summed E-state index contributed by atoms with van der Waals surface area (Å²) in [4.78, 5) is 34.0. The summed E-state index contributed by atoms with van der Waals surface area (Å²) in [5, 5.41) is 22.1. The van der Waals surface area contributed by atoms with Crippen molar-refractivity contribution in [3.8, 4) is 0 Å². The summed E-state index contributed by atoms with van der Waals surface area (Å²) in [6.45, 7) is -3.30. The number of thiol groups is 1. The Balaban J connectivity index is 1.17. The fourth-order valence-corrected chi connectivity index (χ4v) is 7.74. The van der Waals surface area contributed by atoms with Gasteiger partial charge < -0.3 is 40.4 Å². The third kappa shape index (κ3) is 5.82. The Labute approximate surface area is 254 Å². The third-order valence-corrected chi connectivity index (χ3v) is 9.88. The molecule has 2 fully saturated rings. The lowest BCUT2D eigenvalue weighted by Gasteiger charge is -2.33. The number of aromatic nitrogens is 8. The molecule has 44 heavy (non-hydrogen) atoms. The molecule has 9 atom stereocenters. The van der Waals surface area contributed by atoms with E-state index in [0.29, 0.717) is 22.3 Å². The minimum absolute atomic E-state index is 0.135. The number of nitrogens with two attached hydrogens (primary N) is 2. The number of fused-ring (bicyclic) bond motifs is 2. The van der Waals surface area contributed by atoms with Gasteiger partial charge in [0.1, 0.15) is 48.2 Å². The maximum Gasteiger partial charge on any atom is 0.386 e. The largest absolute Gasteiger partial charge is 0.390 e. The molecule has 0 spiro atoms. The van der Waals surface area contributed by atoms with Crippen LogP contribution < -0.4 is 11.5 Å². The van der Waals surface area contributed by atoms with Crippen molar-refractivity contribution < 1.29 is 42.5 Å². The third-order valence-electron chi connectivity index (χ3n) is 7.89. The predicted molar refractivity (Wildman–Crippen MR) is 156 cm³/mol. The fraction of sp³-hybridized carbons (Fsp3) is 0.545. The van der Waals surface area contributed by atoms with Crippen LogP contribution >= 0.6 is 27.3 Å². The number of anilines is 2. The van der Waals surface area contributed by atoms with Crippen LogP contribution in [0.2, 0.25) is 0 Å². The highest BCUT2D eigenvalue weighted by Crippen LogP contribution is 2.60. The molecule has 2 aliphatic rings. The van der Waals surface area contributed by atoms with E-state index in [0.717, 1.165) is 0 Å². The number of aliphatic hydroxyl groups is 2. The van der Waals surface area contributed by atoms with Gasteiger partial charge in [-0.25, -0.2) is 34.5 Å². The number of imidazole rings is 2. The van der Waals surface area contributed by atoms with Gasteiger partial charge in [0, 0.05) is 11.8 Å². The Morgan fingerprint density at radius 1 is 1.09 bits per heavy atom. The molecule has 1 saturated carbocycles. The smallest absolute Gasteiger partial charge is 0.386 e. The molecule has 1 saturated heterocycles. The van der Waals surface area contributed by atoms with E-state index in [4.69, 9.17) is 29.8 Å². The highest BCUT2D eigenvalue weighted by molar-refractivity contribution is 8.44. The average molecular weight is 673 g/mol. The molecular weight excluding hydrogens is 642 g/mol. The van der Waals surface area contributed by atoms with Crippen molar-refractivity contribution in [2.45, 2.75) is 56.5 Å². The molecule has 7 N–H and O–H groups in total. The number of aliphatic hydroxyl groups excluding tert-OH is 2. The molecular formula is C22H30N10O9P2S. The number of nitrogens with zero attached hydrogens (tertiary/aromatic N) is 8. The first-order valence-corrected chi connectivity index (χ1v) is 17.2. The lowest BCUT2D eigenvalue weighted by atomic mass is 9.87. The number of rotatable bonds is 10. The quantitative estimate of drug-likeness (QED) is 0.0995. The second-order valence-corrected chi connectivity index (χ2v) is 14.6. The fourth-order valence-electron chi connectivity index (χ4n) is 5.72. The molecule has 19 nitrogen and oxygen atoms in total. The first-order valence-electron chi connectivity index (χ1n) is 13.3. The zero-order chi connectivity index (χ0) is 31.4. The molecule has 1 aliphatic carbocycles. The maximum atomic E-state index is 13.5. The van der Waals surface area contributed by atoms with Crippen molar-refractivity contribution in [1.29, 1.82) is 0 Å². The molecule has 4 aromatic rings. The summed E-state index contributed by atoms with van der Waals surface area (Å²) in [6.07, 6.45) is 0.492. The molecule has 6 rings (SSSR count). The molecule has 238 valence electrons. The van der Waals surface area contributed by atoms with Crippen LogP contribution in [0.25, 0.3) is 22.3 Å². The van der Waals surface area contributed by atoms with Gasteiger partial charge in [-0.05, 0) is 6.42 Å². The molecule has 22 heteroatoms. The summed E-state index contributed by atoms with van der Waals surface area (Å²) in [5.74, 6) is 0.337. The highest BCUT2D eigenvalue weighted by Gasteiger charge is 2.55. The van der Waals surface area contributed by atoms with Gasteiger partial charge in [-0.3, -0.25) is 18.2 Å². The van der Waals surface area contributed by atoms with Gasteiger partial charge in [0.15, 0.2) is 22.9 Å². The van der Waals surface area contributed by atoms with Crippen molar-refractivity contribution in [2.75, 3.05) is 24.7 Å². The molecule has 5 heterocycles. The van der Waals surface area contributed by atoms with Gasteiger partial charge in [0.2, 0.25) is 0 Å². The summed E-state index contributed by atoms with van der Waals surface area (Å²) in [5.41, 5.74) is 12.1. The zero-order valence-corrected chi connectivity index (χ0v) is 25.8. The predicted octanol–water partition coefficient (Wildman–Crippen LogP) is 0.629. The average Bonchev–Trinajstić information content (AvgIpc) is 3.73. The molecule has 0 amide bonds. The van der Waals surface area contributed by atoms with E-state index < -0.39 is 57.2 Å². The van der Waals surface area contributed by atoms with Gasteiger partial charge >= 0.3 is 15.1 Å². The molecule has 0 aromatic carbocycles. The van der Waals surface area contributed by atoms with E-state index in [1.54, 1.807) is 16.1 Å². The monoisotopic (exact) mass is 672 g/mol. The highest BCUT2D eigenvalue weighted by atomic mass is 32.7. The van der Waals surface area contributed by atoms with Crippen LogP contribution in [0.3, 0.4) is 0 Å². The van der Waals surface area contributed by atoms with Crippen molar-refractivity contribution in [2.24, 2.45) is 5.41 Å². The molecule has 0 radical (unpaired) electrons. The van der Waals surface area contributed by atoms with Crippen LogP contribution in [0.5, 0.6) is 0 Å². The SMILES string of the molecule is C[C@@]1(CO[PH](=O)O)C[C@@H](n2cnc3c(N)ncnc32)[C@H](O)[C@@H]1OP(=O)(S)OC[C@H]1O[C@@H](n2cnc3c(N)ncnc32)C[C@@H]1O. The van der Waals surface area contributed by atoms with Crippen molar-refractivity contribution >= 4 is 61.3 Å². The Morgan fingerprint density at radius 2 is 1.70 bits per heavy atom. The van der Waals surface area contributed by atoms with Crippen LogP contribution in [0.1, 0.15) is 32.0 Å². The van der Waals surface area contributed by atoms with Gasteiger partial charge in [0.05, 0.1) is 38.0 Å². The van der Waals surface area contributed by atoms with Crippen molar-refractivity contribution in [3.63, 3.8) is 0 Å². The summed E-state index contributed by atoms with van der Waals surface area (Å²) in [7, 11) is -3.35. The number of hydrogen-bond donors (Lipinski definition) is 6. The first-order chi connectivity index (χ1) is 20.9. The Kier molecular flexibility index (Phi) is 8.42. The van der Waals surface area contributed by atoms with Crippen molar-refractivity contribution in [3.05, 3.63) is 25.3 Å². The maximum absolute atomic E-state index is 13.5. The van der Waals surface area contributed by atoms with Crippen LogP contribution in [0.15, 0.2) is 25.3 Å². The number of nitrogen functional groups attached to an aromatic ring is 2. The van der Waals surface area contributed by atoms with Gasteiger partial charge in [0.25, 0.3) is 0 Å². The summed E-state index contributed by atoms with van der Waals surface area (Å²) in [6, 6.07) is -0.745. The van der Waals surface area contributed by atoms with E-state index >= 15 is 0 Å². The summed E-state index contributed by atoms with van der Waals surface area (Å²) >= 11 is 4.13. The van der Waals surface area contributed by atoms with Crippen molar-refractivity contribution in [1.82, 2.24) is 39.0 Å². The van der Waals surface area contributed by atoms with Gasteiger partial charge in [-0.1, -0.05) is 19.2 Å². The first kappa shape index (κ1) is 31.2. The minimum atomic E-state index is -4.24. The van der Waals surface area contributed by atoms with Crippen LogP contribution in [-0.4, -0.2) is 91.8 Å². The number of hydrogen-bond acceptors (Lipinski definition) is 16. The normalized spacial score (nSPS) is 31.1. The van der Waals surface area contributed by atoms with Crippen LogP contribution in [0, 0.1) is 5.41 Å². The van der Waals surface area contributed by atoms with Crippen LogP contribution in [-0.2, 0) is 27.4 Å².